The van der Waals surface area contributed by atoms with E-state index < -0.39 is 29.1 Å². The molecule has 0 N–H and O–H groups in total. The van der Waals surface area contributed by atoms with Crippen LogP contribution in [0.4, 0.5) is 22.0 Å². The topological polar surface area (TPSA) is 0 Å². The molecule has 0 unspecified atom stereocenters. The lowest BCUT2D eigenvalue weighted by molar-refractivity contribution is 0.447. The van der Waals surface area contributed by atoms with Crippen molar-refractivity contribution in [1.29, 1.82) is 0 Å². The summed E-state index contributed by atoms with van der Waals surface area (Å²) in [6.07, 6.45) is 0. The minimum absolute atomic E-state index is 0.0571. The van der Waals surface area contributed by atoms with E-state index in [4.69, 9.17) is 0 Å². The minimum Gasteiger partial charge on any atom is -0.204 e. The lowest BCUT2D eigenvalue weighted by Crippen LogP contribution is -1.92. The summed E-state index contributed by atoms with van der Waals surface area (Å²) in [7, 11) is 0. The van der Waals surface area contributed by atoms with Crippen LogP contribution in [0.3, 0.4) is 0 Å². The molecule has 2 aromatic carbocycles. The number of benzene rings is 2. The smallest absolute Gasteiger partial charge is 0.194 e. The van der Waals surface area contributed by atoms with E-state index in [0.29, 0.717) is 12.1 Å². The SMILES string of the molecule is Fc1ccc(-c2cc(F)c(F)c(F)c2)cc1F. The Morgan fingerprint density at radius 1 is 0.529 bits per heavy atom. The van der Waals surface area contributed by atoms with Crippen molar-refractivity contribution in [2.24, 2.45) is 0 Å². The molecule has 0 aliphatic carbocycles. The predicted octanol–water partition coefficient (Wildman–Crippen LogP) is 4.05. The summed E-state index contributed by atoms with van der Waals surface area (Å²) >= 11 is 0. The first kappa shape index (κ1) is 11.6. The van der Waals surface area contributed by atoms with Gasteiger partial charge in [-0.3, -0.25) is 0 Å². The third-order valence-electron chi connectivity index (χ3n) is 2.24. The van der Waals surface area contributed by atoms with E-state index in [-0.39, 0.29) is 11.1 Å². The lowest BCUT2D eigenvalue weighted by Gasteiger charge is -2.04. The van der Waals surface area contributed by atoms with Gasteiger partial charge in [0.15, 0.2) is 29.1 Å². The lowest BCUT2D eigenvalue weighted by atomic mass is 10.1. The Hall–Kier alpha value is -1.91. The highest BCUT2D eigenvalue weighted by Gasteiger charge is 2.12. The summed E-state index contributed by atoms with van der Waals surface area (Å²) in [5.74, 6) is -6.59. The molecule has 0 aliphatic heterocycles. The van der Waals surface area contributed by atoms with Crippen molar-refractivity contribution in [3.05, 3.63) is 59.4 Å². The molecule has 0 amide bonds. The van der Waals surface area contributed by atoms with Crippen LogP contribution < -0.4 is 0 Å². The van der Waals surface area contributed by atoms with Gasteiger partial charge in [0.2, 0.25) is 0 Å². The second kappa shape index (κ2) is 4.16. The number of rotatable bonds is 1. The quantitative estimate of drug-likeness (QED) is 0.524. The van der Waals surface area contributed by atoms with Gasteiger partial charge in [0.1, 0.15) is 0 Å². The molecule has 0 aliphatic rings. The van der Waals surface area contributed by atoms with Crippen molar-refractivity contribution >= 4 is 0 Å². The number of halogens is 5. The van der Waals surface area contributed by atoms with Crippen molar-refractivity contribution in [2.45, 2.75) is 0 Å². The van der Waals surface area contributed by atoms with Crippen LogP contribution in [0.2, 0.25) is 0 Å². The molecule has 0 saturated carbocycles. The zero-order chi connectivity index (χ0) is 12.6. The fraction of sp³-hybridized carbons (Fsp3) is 0. The maximum absolute atomic E-state index is 12.9. The van der Waals surface area contributed by atoms with E-state index in [1.807, 2.05) is 0 Å². The van der Waals surface area contributed by atoms with Gasteiger partial charge in [-0.05, 0) is 35.4 Å². The minimum atomic E-state index is -1.60. The normalized spacial score (nSPS) is 10.6. The van der Waals surface area contributed by atoms with Gasteiger partial charge in [0, 0.05) is 0 Å². The van der Waals surface area contributed by atoms with E-state index in [1.165, 1.54) is 0 Å². The van der Waals surface area contributed by atoms with Crippen molar-refractivity contribution < 1.29 is 22.0 Å². The zero-order valence-corrected chi connectivity index (χ0v) is 8.28. The Bertz CT molecular complexity index is 554. The van der Waals surface area contributed by atoms with Gasteiger partial charge in [-0.1, -0.05) is 6.07 Å². The zero-order valence-electron chi connectivity index (χ0n) is 8.28. The average Bonchev–Trinajstić information content (AvgIpc) is 2.29. The molecule has 0 radical (unpaired) electrons. The highest BCUT2D eigenvalue weighted by atomic mass is 19.2. The summed E-state index contributed by atoms with van der Waals surface area (Å²) < 4.78 is 64.1. The van der Waals surface area contributed by atoms with Gasteiger partial charge in [0.05, 0.1) is 0 Å². The molecule has 0 spiro atoms. The molecule has 0 bridgehead atoms. The fourth-order valence-corrected chi connectivity index (χ4v) is 1.40. The molecule has 0 fully saturated rings. The van der Waals surface area contributed by atoms with Crippen molar-refractivity contribution in [1.82, 2.24) is 0 Å². The van der Waals surface area contributed by atoms with Crippen LogP contribution in [0, 0.1) is 29.1 Å². The van der Waals surface area contributed by atoms with Crippen molar-refractivity contribution in [3.63, 3.8) is 0 Å². The van der Waals surface area contributed by atoms with Crippen LogP contribution in [-0.4, -0.2) is 0 Å². The van der Waals surface area contributed by atoms with Gasteiger partial charge in [-0.25, -0.2) is 22.0 Å². The summed E-state index contributed by atoms with van der Waals surface area (Å²) in [6.45, 7) is 0. The molecule has 88 valence electrons. The summed E-state index contributed by atoms with van der Waals surface area (Å²) in [4.78, 5) is 0. The van der Waals surface area contributed by atoms with Gasteiger partial charge >= 0.3 is 0 Å². The van der Waals surface area contributed by atoms with Crippen LogP contribution in [-0.2, 0) is 0 Å². The molecule has 2 rings (SSSR count). The largest absolute Gasteiger partial charge is 0.204 e. The molecule has 2 aromatic rings. The van der Waals surface area contributed by atoms with Gasteiger partial charge in [0.25, 0.3) is 0 Å². The summed E-state index contributed by atoms with van der Waals surface area (Å²) in [5, 5.41) is 0. The van der Waals surface area contributed by atoms with Gasteiger partial charge in [-0.15, -0.1) is 0 Å². The van der Waals surface area contributed by atoms with E-state index in [1.54, 1.807) is 0 Å². The molecule has 0 heterocycles. The van der Waals surface area contributed by atoms with Crippen LogP contribution in [0.25, 0.3) is 11.1 Å². The van der Waals surface area contributed by atoms with Gasteiger partial charge < -0.3 is 0 Å². The van der Waals surface area contributed by atoms with Gasteiger partial charge in [-0.2, -0.15) is 0 Å². The summed E-state index contributed by atoms with van der Waals surface area (Å²) in [5.41, 5.74) is -0.0120. The second-order valence-electron chi connectivity index (χ2n) is 3.38. The maximum atomic E-state index is 12.9. The number of hydrogen-bond donors (Lipinski definition) is 0. The van der Waals surface area contributed by atoms with E-state index >= 15 is 0 Å². The molecule has 0 atom stereocenters. The average molecular weight is 244 g/mol. The maximum Gasteiger partial charge on any atom is 0.194 e. The highest BCUT2D eigenvalue weighted by Crippen LogP contribution is 2.25. The first-order valence-corrected chi connectivity index (χ1v) is 4.59. The standard InChI is InChI=1S/C12H5F5/c13-8-2-1-6(3-9(8)14)7-4-10(15)12(17)11(16)5-7/h1-5H. The first-order valence-electron chi connectivity index (χ1n) is 4.59. The molecular weight excluding hydrogens is 239 g/mol. The predicted molar refractivity (Wildman–Crippen MR) is 51.7 cm³/mol. The van der Waals surface area contributed by atoms with E-state index in [2.05, 4.69) is 0 Å². The molecule has 5 heteroatoms. The molecule has 0 nitrogen and oxygen atoms in total. The van der Waals surface area contributed by atoms with Crippen LogP contribution in [0.5, 0.6) is 0 Å². The van der Waals surface area contributed by atoms with E-state index in [0.717, 1.165) is 18.2 Å². The monoisotopic (exact) mass is 244 g/mol. The Morgan fingerprint density at radius 2 is 1.06 bits per heavy atom. The highest BCUT2D eigenvalue weighted by molar-refractivity contribution is 5.63. The van der Waals surface area contributed by atoms with Crippen LogP contribution in [0.15, 0.2) is 30.3 Å². The molecule has 0 saturated heterocycles. The van der Waals surface area contributed by atoms with E-state index in [9.17, 15) is 22.0 Å². The van der Waals surface area contributed by atoms with Crippen molar-refractivity contribution in [3.8, 4) is 11.1 Å². The first-order chi connectivity index (χ1) is 7.99. The Kier molecular flexibility index (Phi) is 2.83. The Labute approximate surface area is 93.3 Å². The molecule has 17 heavy (non-hydrogen) atoms. The fourth-order valence-electron chi connectivity index (χ4n) is 1.40. The van der Waals surface area contributed by atoms with Crippen LogP contribution in [0.1, 0.15) is 0 Å². The van der Waals surface area contributed by atoms with Crippen LogP contribution >= 0.6 is 0 Å². The number of hydrogen-bond acceptors (Lipinski definition) is 0. The molecule has 0 aromatic heterocycles. The second-order valence-corrected chi connectivity index (χ2v) is 3.38. The van der Waals surface area contributed by atoms with Crippen molar-refractivity contribution in [2.75, 3.05) is 0 Å². The third kappa shape index (κ3) is 2.13. The third-order valence-corrected chi connectivity index (χ3v) is 2.24. The Balaban J connectivity index is 2.57. The summed E-state index contributed by atoms with van der Waals surface area (Å²) in [6, 6.07) is 4.17. The molecular formula is C12H5F5. The Morgan fingerprint density at radius 3 is 1.59 bits per heavy atom.